The average Bonchev–Trinajstić information content (AvgIpc) is 2.57. The van der Waals surface area contributed by atoms with Gasteiger partial charge in [-0.1, -0.05) is 28.1 Å². The Kier molecular flexibility index (Phi) is 5.05. The van der Waals surface area contributed by atoms with Gasteiger partial charge in [0.1, 0.15) is 5.82 Å². The lowest BCUT2D eigenvalue weighted by atomic mass is 10.2. The molecule has 6 heteroatoms. The van der Waals surface area contributed by atoms with Crippen LogP contribution in [0.25, 0.3) is 10.9 Å². The molecule has 2 N–H and O–H groups in total. The summed E-state index contributed by atoms with van der Waals surface area (Å²) in [5.74, 6) is 0.551. The Morgan fingerprint density at radius 1 is 1.12 bits per heavy atom. The van der Waals surface area contributed by atoms with Crippen LogP contribution in [0.3, 0.4) is 0 Å². The van der Waals surface area contributed by atoms with E-state index in [1.807, 2.05) is 42.5 Å². The Labute approximate surface area is 147 Å². The highest BCUT2D eigenvalue weighted by molar-refractivity contribution is 9.10. The number of hydrogen-bond acceptors (Lipinski definition) is 3. The van der Waals surface area contributed by atoms with Gasteiger partial charge in [-0.25, -0.2) is 4.98 Å². The molecule has 0 bridgehead atoms. The van der Waals surface area contributed by atoms with Crippen LogP contribution < -0.4 is 10.9 Å². The van der Waals surface area contributed by atoms with Crippen molar-refractivity contribution in [1.29, 1.82) is 0 Å². The second-order valence-electron chi connectivity index (χ2n) is 5.44. The van der Waals surface area contributed by atoms with Crippen LogP contribution in [-0.2, 0) is 11.2 Å². The number of nitrogens with one attached hydrogen (secondary N) is 2. The number of aromatic nitrogens is 2. The van der Waals surface area contributed by atoms with Gasteiger partial charge in [0.25, 0.3) is 5.56 Å². The molecule has 122 valence electrons. The fourth-order valence-electron chi connectivity index (χ4n) is 2.43. The largest absolute Gasteiger partial charge is 0.326 e. The minimum absolute atomic E-state index is 0.0551. The van der Waals surface area contributed by atoms with Crippen LogP contribution in [-0.4, -0.2) is 15.9 Å². The van der Waals surface area contributed by atoms with Crippen molar-refractivity contribution in [2.75, 3.05) is 5.32 Å². The van der Waals surface area contributed by atoms with E-state index in [1.54, 1.807) is 6.07 Å². The van der Waals surface area contributed by atoms with Crippen LogP contribution in [0.5, 0.6) is 0 Å². The summed E-state index contributed by atoms with van der Waals surface area (Å²) in [6.07, 6.45) is 1.53. The van der Waals surface area contributed by atoms with Crippen LogP contribution in [0.1, 0.15) is 18.7 Å². The molecule has 0 spiro atoms. The van der Waals surface area contributed by atoms with Gasteiger partial charge < -0.3 is 10.3 Å². The summed E-state index contributed by atoms with van der Waals surface area (Å²) in [5, 5.41) is 3.42. The molecule has 0 fully saturated rings. The number of anilines is 1. The van der Waals surface area contributed by atoms with E-state index in [1.165, 1.54) is 0 Å². The predicted octanol–water partition coefficient (Wildman–Crippen LogP) is 3.65. The first-order valence-electron chi connectivity index (χ1n) is 7.65. The lowest BCUT2D eigenvalue weighted by molar-refractivity contribution is -0.116. The lowest BCUT2D eigenvalue weighted by Crippen LogP contribution is -2.14. The van der Waals surface area contributed by atoms with Gasteiger partial charge >= 0.3 is 0 Å². The summed E-state index contributed by atoms with van der Waals surface area (Å²) in [6.45, 7) is 0. The third kappa shape index (κ3) is 4.08. The lowest BCUT2D eigenvalue weighted by Gasteiger charge is -2.06. The summed E-state index contributed by atoms with van der Waals surface area (Å²) >= 11 is 3.35. The van der Waals surface area contributed by atoms with Crippen LogP contribution in [0, 0.1) is 0 Å². The van der Waals surface area contributed by atoms with Crippen molar-refractivity contribution in [3.63, 3.8) is 0 Å². The fourth-order valence-corrected chi connectivity index (χ4v) is 2.69. The number of fused-ring (bicyclic) bond motifs is 1. The van der Waals surface area contributed by atoms with E-state index >= 15 is 0 Å². The Bertz CT molecular complexity index is 919. The highest BCUT2D eigenvalue weighted by atomic mass is 79.9. The number of aromatic amines is 1. The van der Waals surface area contributed by atoms with Gasteiger partial charge in [0.05, 0.1) is 10.9 Å². The molecule has 1 amide bonds. The van der Waals surface area contributed by atoms with Gasteiger partial charge in [-0.15, -0.1) is 0 Å². The minimum Gasteiger partial charge on any atom is -0.326 e. The highest BCUT2D eigenvalue weighted by Gasteiger charge is 2.06. The molecular weight excluding hydrogens is 370 g/mol. The molecule has 3 aromatic rings. The number of carbonyl (C=O) groups is 1. The predicted molar refractivity (Wildman–Crippen MR) is 98.1 cm³/mol. The maximum atomic E-state index is 12.0. The number of aryl methyl sites for hydroxylation is 1. The summed E-state index contributed by atoms with van der Waals surface area (Å²) in [7, 11) is 0. The van der Waals surface area contributed by atoms with Gasteiger partial charge in [-0.3, -0.25) is 9.59 Å². The third-order valence-electron chi connectivity index (χ3n) is 3.61. The van der Waals surface area contributed by atoms with Gasteiger partial charge in [0, 0.05) is 23.0 Å². The van der Waals surface area contributed by atoms with Crippen LogP contribution >= 0.6 is 15.9 Å². The van der Waals surface area contributed by atoms with Gasteiger partial charge in [0.15, 0.2) is 0 Å². The molecule has 1 aromatic heterocycles. The number of benzene rings is 2. The maximum absolute atomic E-state index is 12.0. The minimum atomic E-state index is -0.144. The topological polar surface area (TPSA) is 74.8 Å². The normalized spacial score (nSPS) is 10.7. The molecule has 0 atom stereocenters. The average molecular weight is 386 g/mol. The molecule has 0 aliphatic rings. The van der Waals surface area contributed by atoms with Crippen molar-refractivity contribution in [3.05, 3.63) is 69.2 Å². The highest BCUT2D eigenvalue weighted by Crippen LogP contribution is 2.14. The zero-order valence-corrected chi connectivity index (χ0v) is 14.5. The number of H-pyrrole nitrogens is 1. The molecule has 2 aromatic carbocycles. The summed E-state index contributed by atoms with van der Waals surface area (Å²) < 4.78 is 0.965. The van der Waals surface area contributed by atoms with Crippen molar-refractivity contribution in [2.24, 2.45) is 0 Å². The molecule has 24 heavy (non-hydrogen) atoms. The summed E-state index contributed by atoms with van der Waals surface area (Å²) in [6, 6.07) is 14.6. The molecule has 0 saturated carbocycles. The molecule has 0 unspecified atom stereocenters. The first-order chi connectivity index (χ1) is 11.6. The molecule has 5 nitrogen and oxygen atoms in total. The quantitative estimate of drug-likeness (QED) is 0.703. The zero-order chi connectivity index (χ0) is 16.9. The van der Waals surface area contributed by atoms with Crippen molar-refractivity contribution in [2.45, 2.75) is 19.3 Å². The number of amides is 1. The van der Waals surface area contributed by atoms with Crippen molar-refractivity contribution >= 4 is 38.4 Å². The Balaban J connectivity index is 1.57. The van der Waals surface area contributed by atoms with Crippen LogP contribution in [0.2, 0.25) is 0 Å². The van der Waals surface area contributed by atoms with Crippen molar-refractivity contribution in [1.82, 2.24) is 9.97 Å². The van der Waals surface area contributed by atoms with Crippen LogP contribution in [0.15, 0.2) is 57.8 Å². The Morgan fingerprint density at radius 2 is 1.88 bits per heavy atom. The van der Waals surface area contributed by atoms with E-state index in [0.717, 1.165) is 10.2 Å². The summed E-state index contributed by atoms with van der Waals surface area (Å²) in [5.41, 5.74) is 1.30. The monoisotopic (exact) mass is 385 g/mol. The Morgan fingerprint density at radius 3 is 2.67 bits per heavy atom. The fraction of sp³-hybridized carbons (Fsp3) is 0.167. The zero-order valence-electron chi connectivity index (χ0n) is 12.9. The molecule has 0 radical (unpaired) electrons. The molecular formula is C18H16BrN3O2. The summed E-state index contributed by atoms with van der Waals surface area (Å²) in [4.78, 5) is 31.1. The SMILES string of the molecule is O=C(CCCc1nc2ccccc2c(=O)[nH]1)Nc1ccc(Br)cc1. The number of hydrogen-bond donors (Lipinski definition) is 2. The Hall–Kier alpha value is -2.47. The van der Waals surface area contributed by atoms with E-state index in [9.17, 15) is 9.59 Å². The number of nitrogens with zero attached hydrogens (tertiary/aromatic N) is 1. The van der Waals surface area contributed by atoms with Gasteiger partial charge in [-0.05, 0) is 42.8 Å². The molecule has 0 saturated heterocycles. The number of para-hydroxylation sites is 1. The molecule has 0 aliphatic heterocycles. The van der Waals surface area contributed by atoms with Crippen LogP contribution in [0.4, 0.5) is 5.69 Å². The van der Waals surface area contributed by atoms with Crippen molar-refractivity contribution < 1.29 is 4.79 Å². The number of halogens is 1. The number of carbonyl (C=O) groups excluding carboxylic acids is 1. The van der Waals surface area contributed by atoms with E-state index in [4.69, 9.17) is 0 Å². The first kappa shape index (κ1) is 16.4. The molecule has 3 rings (SSSR count). The van der Waals surface area contributed by atoms with Gasteiger partial charge in [0.2, 0.25) is 5.91 Å². The maximum Gasteiger partial charge on any atom is 0.258 e. The van der Waals surface area contributed by atoms with Crippen molar-refractivity contribution in [3.8, 4) is 0 Å². The standard InChI is InChI=1S/C18H16BrN3O2/c19-12-8-10-13(11-9-12)20-17(23)7-3-6-16-21-15-5-2-1-4-14(15)18(24)22-16/h1-2,4-5,8-11H,3,6-7H2,(H,20,23)(H,21,22,24). The van der Waals surface area contributed by atoms with Gasteiger partial charge in [-0.2, -0.15) is 0 Å². The van der Waals surface area contributed by atoms with E-state index in [-0.39, 0.29) is 11.5 Å². The third-order valence-corrected chi connectivity index (χ3v) is 4.14. The van der Waals surface area contributed by atoms with E-state index in [0.29, 0.717) is 36.0 Å². The molecule has 1 heterocycles. The van der Waals surface area contributed by atoms with E-state index < -0.39 is 0 Å². The molecule has 0 aliphatic carbocycles. The number of rotatable bonds is 5. The smallest absolute Gasteiger partial charge is 0.258 e. The second kappa shape index (κ2) is 7.40. The van der Waals surface area contributed by atoms with E-state index in [2.05, 4.69) is 31.2 Å². The second-order valence-corrected chi connectivity index (χ2v) is 6.35. The first-order valence-corrected chi connectivity index (χ1v) is 8.44.